The lowest BCUT2D eigenvalue weighted by Crippen LogP contribution is -2.19. The minimum atomic E-state index is -4.35. The van der Waals surface area contributed by atoms with Crippen LogP contribution in [0.2, 0.25) is 0 Å². The number of aliphatic hydroxyl groups excluding tert-OH is 1. The van der Waals surface area contributed by atoms with Crippen molar-refractivity contribution in [3.63, 3.8) is 0 Å². The summed E-state index contributed by atoms with van der Waals surface area (Å²) in [6.45, 7) is -1.40. The molecule has 5 heteroatoms. The Bertz CT molecular complexity index is 579. The lowest BCUT2D eigenvalue weighted by Gasteiger charge is -2.10. The van der Waals surface area contributed by atoms with E-state index in [4.69, 9.17) is 9.84 Å². The number of rotatable bonds is 4. The van der Waals surface area contributed by atoms with Gasteiger partial charge in [0.25, 0.3) is 0 Å². The summed E-state index contributed by atoms with van der Waals surface area (Å²) in [4.78, 5) is 0. The molecule has 0 heterocycles. The van der Waals surface area contributed by atoms with Gasteiger partial charge in [-0.2, -0.15) is 13.2 Å². The van der Waals surface area contributed by atoms with Gasteiger partial charge in [-0.05, 0) is 34.9 Å². The molecule has 2 nitrogen and oxygen atoms in total. The molecule has 2 aromatic carbocycles. The molecule has 0 spiro atoms. The van der Waals surface area contributed by atoms with E-state index in [0.29, 0.717) is 0 Å². The summed E-state index contributed by atoms with van der Waals surface area (Å²) < 4.78 is 41.0. The minimum Gasteiger partial charge on any atom is -0.484 e. The van der Waals surface area contributed by atoms with Gasteiger partial charge < -0.3 is 9.84 Å². The molecule has 20 heavy (non-hydrogen) atoms. The highest BCUT2D eigenvalue weighted by Gasteiger charge is 2.28. The molecule has 0 aliphatic carbocycles. The van der Waals surface area contributed by atoms with Crippen molar-refractivity contribution in [3.8, 4) is 16.9 Å². The van der Waals surface area contributed by atoms with Crippen LogP contribution in [0.3, 0.4) is 0 Å². The Labute approximate surface area is 114 Å². The summed E-state index contributed by atoms with van der Waals surface area (Å²) in [7, 11) is 0. The van der Waals surface area contributed by atoms with Crippen LogP contribution in [0.15, 0.2) is 48.5 Å². The molecule has 0 aliphatic heterocycles. The summed E-state index contributed by atoms with van der Waals surface area (Å²) >= 11 is 0. The summed E-state index contributed by atoms with van der Waals surface area (Å²) in [5.41, 5.74) is 2.29. The van der Waals surface area contributed by atoms with Crippen LogP contribution in [0.5, 0.6) is 5.75 Å². The number of aliphatic hydroxyl groups is 1. The highest BCUT2D eigenvalue weighted by Crippen LogP contribution is 2.26. The SMILES string of the molecule is OCc1cccc(-c2cccc(OCC(F)(F)F)c2)c1. The van der Waals surface area contributed by atoms with E-state index in [9.17, 15) is 13.2 Å². The first-order valence-corrected chi connectivity index (χ1v) is 5.98. The van der Waals surface area contributed by atoms with Crippen LogP contribution >= 0.6 is 0 Å². The highest BCUT2D eigenvalue weighted by molar-refractivity contribution is 5.65. The zero-order valence-corrected chi connectivity index (χ0v) is 10.5. The third-order valence-corrected chi connectivity index (χ3v) is 2.68. The predicted molar refractivity (Wildman–Crippen MR) is 69.4 cm³/mol. The smallest absolute Gasteiger partial charge is 0.422 e. The molecule has 0 bridgehead atoms. The predicted octanol–water partition coefficient (Wildman–Crippen LogP) is 3.79. The summed E-state index contributed by atoms with van der Waals surface area (Å²) in [5, 5.41) is 9.09. The molecule has 0 atom stereocenters. The fraction of sp³-hybridized carbons (Fsp3) is 0.200. The second kappa shape index (κ2) is 5.96. The van der Waals surface area contributed by atoms with Crippen molar-refractivity contribution < 1.29 is 23.0 Å². The largest absolute Gasteiger partial charge is 0.484 e. The van der Waals surface area contributed by atoms with Crippen LogP contribution in [-0.2, 0) is 6.61 Å². The molecule has 0 saturated heterocycles. The van der Waals surface area contributed by atoms with Crippen LogP contribution in [0.4, 0.5) is 13.2 Å². The van der Waals surface area contributed by atoms with E-state index in [1.54, 1.807) is 36.4 Å². The number of halogens is 3. The van der Waals surface area contributed by atoms with Gasteiger partial charge in [-0.1, -0.05) is 30.3 Å². The van der Waals surface area contributed by atoms with E-state index in [-0.39, 0.29) is 12.4 Å². The third kappa shape index (κ3) is 3.99. The van der Waals surface area contributed by atoms with Gasteiger partial charge in [0.05, 0.1) is 6.61 Å². The molecule has 0 saturated carbocycles. The van der Waals surface area contributed by atoms with Gasteiger partial charge in [0.15, 0.2) is 6.61 Å². The summed E-state index contributed by atoms with van der Waals surface area (Å²) in [5.74, 6) is 0.161. The van der Waals surface area contributed by atoms with Crippen molar-refractivity contribution in [2.75, 3.05) is 6.61 Å². The van der Waals surface area contributed by atoms with Gasteiger partial charge in [-0.3, -0.25) is 0 Å². The lowest BCUT2D eigenvalue weighted by molar-refractivity contribution is -0.153. The first-order valence-electron chi connectivity index (χ1n) is 5.98. The molecule has 0 amide bonds. The number of ether oxygens (including phenoxy) is 1. The summed E-state index contributed by atoms with van der Waals surface area (Å²) in [6, 6.07) is 13.6. The molecule has 0 unspecified atom stereocenters. The van der Waals surface area contributed by atoms with E-state index in [2.05, 4.69) is 0 Å². The van der Waals surface area contributed by atoms with E-state index < -0.39 is 12.8 Å². The molecule has 1 N–H and O–H groups in total. The van der Waals surface area contributed by atoms with Gasteiger partial charge in [-0.25, -0.2) is 0 Å². The number of hydrogen-bond acceptors (Lipinski definition) is 2. The van der Waals surface area contributed by atoms with Gasteiger partial charge in [0.2, 0.25) is 0 Å². The van der Waals surface area contributed by atoms with Crippen molar-refractivity contribution in [1.82, 2.24) is 0 Å². The molecule has 106 valence electrons. The average molecular weight is 282 g/mol. The quantitative estimate of drug-likeness (QED) is 0.924. The average Bonchev–Trinajstić information content (AvgIpc) is 2.45. The summed E-state index contributed by atoms with van der Waals surface area (Å²) in [6.07, 6.45) is -4.35. The van der Waals surface area contributed by atoms with Crippen LogP contribution in [0.1, 0.15) is 5.56 Å². The topological polar surface area (TPSA) is 29.5 Å². The monoisotopic (exact) mass is 282 g/mol. The van der Waals surface area contributed by atoms with Crippen LogP contribution in [-0.4, -0.2) is 17.9 Å². The third-order valence-electron chi connectivity index (χ3n) is 2.68. The van der Waals surface area contributed by atoms with E-state index in [0.717, 1.165) is 16.7 Å². The van der Waals surface area contributed by atoms with Crippen LogP contribution < -0.4 is 4.74 Å². The van der Waals surface area contributed by atoms with Crippen LogP contribution in [0.25, 0.3) is 11.1 Å². The number of benzene rings is 2. The maximum Gasteiger partial charge on any atom is 0.422 e. The van der Waals surface area contributed by atoms with E-state index in [1.807, 2.05) is 6.07 Å². The molecular weight excluding hydrogens is 269 g/mol. The van der Waals surface area contributed by atoms with Gasteiger partial charge in [0, 0.05) is 0 Å². The lowest BCUT2D eigenvalue weighted by atomic mass is 10.0. The highest BCUT2D eigenvalue weighted by atomic mass is 19.4. The zero-order chi connectivity index (χ0) is 14.6. The first-order chi connectivity index (χ1) is 9.48. The zero-order valence-electron chi connectivity index (χ0n) is 10.5. The maximum absolute atomic E-state index is 12.1. The van der Waals surface area contributed by atoms with Crippen LogP contribution in [0, 0.1) is 0 Å². The van der Waals surface area contributed by atoms with Crippen molar-refractivity contribution in [2.45, 2.75) is 12.8 Å². The molecule has 0 aliphatic rings. The Morgan fingerprint density at radius 3 is 2.25 bits per heavy atom. The number of hydrogen-bond donors (Lipinski definition) is 1. The Balaban J connectivity index is 2.20. The van der Waals surface area contributed by atoms with E-state index >= 15 is 0 Å². The van der Waals surface area contributed by atoms with Gasteiger partial charge in [0.1, 0.15) is 5.75 Å². The fourth-order valence-corrected chi connectivity index (χ4v) is 1.78. The Hall–Kier alpha value is -2.01. The second-order valence-electron chi connectivity index (χ2n) is 4.29. The maximum atomic E-state index is 12.1. The van der Waals surface area contributed by atoms with Crippen molar-refractivity contribution >= 4 is 0 Å². The van der Waals surface area contributed by atoms with Gasteiger partial charge >= 0.3 is 6.18 Å². The fourth-order valence-electron chi connectivity index (χ4n) is 1.78. The molecule has 0 radical (unpaired) electrons. The molecule has 0 aromatic heterocycles. The minimum absolute atomic E-state index is 0.0852. The van der Waals surface area contributed by atoms with Crippen molar-refractivity contribution in [3.05, 3.63) is 54.1 Å². The molecular formula is C15H13F3O2. The number of alkyl halides is 3. The Morgan fingerprint density at radius 1 is 0.950 bits per heavy atom. The second-order valence-corrected chi connectivity index (χ2v) is 4.29. The van der Waals surface area contributed by atoms with Gasteiger partial charge in [-0.15, -0.1) is 0 Å². The standard InChI is InChI=1S/C15H13F3O2/c16-15(17,18)10-20-14-6-2-5-13(8-14)12-4-1-3-11(7-12)9-19/h1-8,19H,9-10H2. The Kier molecular flexibility index (Phi) is 4.29. The van der Waals surface area contributed by atoms with Crippen molar-refractivity contribution in [1.29, 1.82) is 0 Å². The van der Waals surface area contributed by atoms with E-state index in [1.165, 1.54) is 6.07 Å². The normalized spacial score (nSPS) is 11.4. The molecule has 2 rings (SSSR count). The first kappa shape index (κ1) is 14.4. The van der Waals surface area contributed by atoms with Crippen molar-refractivity contribution in [2.24, 2.45) is 0 Å². The molecule has 0 fully saturated rings. The molecule has 2 aromatic rings. The Morgan fingerprint density at radius 2 is 1.60 bits per heavy atom.